The number of halogens is 1. The first-order chi connectivity index (χ1) is 14.7. The van der Waals surface area contributed by atoms with Gasteiger partial charge in [0, 0.05) is 5.69 Å². The van der Waals surface area contributed by atoms with Gasteiger partial charge in [0.1, 0.15) is 12.3 Å². The SMILES string of the molecule is Cc1cccc(C)c1NC(=O)CN1C(=O)S/C(=C\c2ccc(OC(C)C)c(Br)c2)C1=O. The van der Waals surface area contributed by atoms with Gasteiger partial charge in [-0.15, -0.1) is 0 Å². The summed E-state index contributed by atoms with van der Waals surface area (Å²) in [6.07, 6.45) is 1.67. The van der Waals surface area contributed by atoms with Crippen LogP contribution in [0.25, 0.3) is 6.08 Å². The van der Waals surface area contributed by atoms with E-state index < -0.39 is 17.1 Å². The number of thioether (sulfide) groups is 1. The number of para-hydroxylation sites is 1. The average molecular weight is 503 g/mol. The first kappa shape index (κ1) is 23.1. The topological polar surface area (TPSA) is 75.7 Å². The third-order valence-corrected chi connectivity index (χ3v) is 6.06. The normalized spacial score (nSPS) is 15.2. The van der Waals surface area contributed by atoms with Crippen molar-refractivity contribution in [2.75, 3.05) is 11.9 Å². The Hall–Kier alpha value is -2.58. The van der Waals surface area contributed by atoms with Crippen molar-refractivity contribution in [2.45, 2.75) is 33.8 Å². The van der Waals surface area contributed by atoms with Gasteiger partial charge in [-0.1, -0.05) is 24.3 Å². The Morgan fingerprint density at radius 1 is 1.19 bits per heavy atom. The van der Waals surface area contributed by atoms with Crippen molar-refractivity contribution in [2.24, 2.45) is 0 Å². The summed E-state index contributed by atoms with van der Waals surface area (Å²) in [7, 11) is 0. The zero-order chi connectivity index (χ0) is 22.7. The Bertz CT molecular complexity index is 1060. The van der Waals surface area contributed by atoms with Crippen LogP contribution in [-0.2, 0) is 9.59 Å². The Kier molecular flexibility index (Phi) is 7.23. The molecule has 8 heteroatoms. The van der Waals surface area contributed by atoms with Gasteiger partial charge in [-0.2, -0.15) is 0 Å². The van der Waals surface area contributed by atoms with E-state index in [4.69, 9.17) is 4.74 Å². The Morgan fingerprint density at radius 3 is 2.48 bits per heavy atom. The van der Waals surface area contributed by atoms with Crippen LogP contribution in [0.2, 0.25) is 0 Å². The molecular formula is C23H23BrN2O4S. The van der Waals surface area contributed by atoms with Gasteiger partial charge < -0.3 is 10.1 Å². The Morgan fingerprint density at radius 2 is 1.87 bits per heavy atom. The van der Waals surface area contributed by atoms with Crippen molar-refractivity contribution >= 4 is 56.5 Å². The molecule has 0 spiro atoms. The largest absolute Gasteiger partial charge is 0.490 e. The standard InChI is InChI=1S/C23H23BrN2O4S/c1-13(2)30-18-9-8-16(10-17(18)24)11-19-22(28)26(23(29)31-19)12-20(27)25-21-14(3)6-5-7-15(21)4/h5-11,13H,12H2,1-4H3,(H,25,27)/b19-11-. The van der Waals surface area contributed by atoms with Gasteiger partial charge in [0.05, 0.1) is 15.5 Å². The van der Waals surface area contributed by atoms with Gasteiger partial charge in [-0.3, -0.25) is 19.3 Å². The summed E-state index contributed by atoms with van der Waals surface area (Å²) in [6.45, 7) is 7.32. The van der Waals surface area contributed by atoms with Gasteiger partial charge >= 0.3 is 0 Å². The smallest absolute Gasteiger partial charge is 0.294 e. The molecule has 1 aliphatic heterocycles. The maximum absolute atomic E-state index is 12.7. The van der Waals surface area contributed by atoms with Crippen molar-refractivity contribution in [3.05, 3.63) is 62.5 Å². The van der Waals surface area contributed by atoms with Crippen LogP contribution in [0.4, 0.5) is 10.5 Å². The lowest BCUT2D eigenvalue weighted by molar-refractivity contribution is -0.127. The fourth-order valence-electron chi connectivity index (χ4n) is 3.08. The number of ether oxygens (including phenoxy) is 1. The van der Waals surface area contributed by atoms with Crippen molar-refractivity contribution < 1.29 is 19.1 Å². The van der Waals surface area contributed by atoms with E-state index in [1.54, 1.807) is 12.1 Å². The Balaban J connectivity index is 1.72. The highest BCUT2D eigenvalue weighted by Crippen LogP contribution is 2.34. The number of hydrogen-bond acceptors (Lipinski definition) is 5. The third-order valence-electron chi connectivity index (χ3n) is 4.54. The predicted octanol–water partition coefficient (Wildman–Crippen LogP) is 5.53. The fourth-order valence-corrected chi connectivity index (χ4v) is 4.41. The lowest BCUT2D eigenvalue weighted by Crippen LogP contribution is -2.36. The highest BCUT2D eigenvalue weighted by molar-refractivity contribution is 9.10. The molecule has 0 atom stereocenters. The molecule has 0 bridgehead atoms. The van der Waals surface area contributed by atoms with Gasteiger partial charge in [0.2, 0.25) is 5.91 Å². The molecule has 1 saturated heterocycles. The molecule has 6 nitrogen and oxygen atoms in total. The fraction of sp³-hybridized carbons (Fsp3) is 0.261. The first-order valence-corrected chi connectivity index (χ1v) is 11.3. The Labute approximate surface area is 194 Å². The van der Waals surface area contributed by atoms with Crippen LogP contribution in [0.15, 0.2) is 45.8 Å². The minimum absolute atomic E-state index is 0.0354. The number of hydrogen-bond donors (Lipinski definition) is 1. The lowest BCUT2D eigenvalue weighted by atomic mass is 10.1. The van der Waals surface area contributed by atoms with Crippen molar-refractivity contribution in [1.82, 2.24) is 4.90 Å². The summed E-state index contributed by atoms with van der Waals surface area (Å²) in [5.74, 6) is -0.201. The van der Waals surface area contributed by atoms with Crippen LogP contribution in [0.3, 0.4) is 0 Å². The van der Waals surface area contributed by atoms with Crippen LogP contribution < -0.4 is 10.1 Å². The molecule has 1 fully saturated rings. The molecule has 0 aromatic heterocycles. The quantitative estimate of drug-likeness (QED) is 0.525. The maximum Gasteiger partial charge on any atom is 0.294 e. The van der Waals surface area contributed by atoms with Crippen molar-refractivity contribution in [3.8, 4) is 5.75 Å². The molecule has 31 heavy (non-hydrogen) atoms. The summed E-state index contributed by atoms with van der Waals surface area (Å²) in [5.41, 5.74) is 3.27. The number of nitrogens with zero attached hydrogens (tertiary/aromatic N) is 1. The minimum atomic E-state index is -0.481. The van der Waals surface area contributed by atoms with Crippen LogP contribution in [-0.4, -0.2) is 34.6 Å². The second-order valence-electron chi connectivity index (χ2n) is 7.44. The number of aryl methyl sites for hydroxylation is 2. The number of amides is 3. The van der Waals surface area contributed by atoms with Gasteiger partial charge in [-0.05, 0) is 90.3 Å². The van der Waals surface area contributed by atoms with Crippen molar-refractivity contribution in [3.63, 3.8) is 0 Å². The molecule has 0 aliphatic carbocycles. The number of rotatable bonds is 6. The molecule has 3 rings (SSSR count). The zero-order valence-electron chi connectivity index (χ0n) is 17.7. The number of benzene rings is 2. The molecule has 1 N–H and O–H groups in total. The van der Waals surface area contributed by atoms with Gasteiger partial charge in [0.15, 0.2) is 0 Å². The molecule has 0 radical (unpaired) electrons. The molecule has 0 saturated carbocycles. The average Bonchev–Trinajstić information content (AvgIpc) is 2.94. The predicted molar refractivity (Wildman–Crippen MR) is 127 cm³/mol. The van der Waals surface area contributed by atoms with Crippen LogP contribution >= 0.6 is 27.7 Å². The van der Waals surface area contributed by atoms with Crippen molar-refractivity contribution in [1.29, 1.82) is 0 Å². The summed E-state index contributed by atoms with van der Waals surface area (Å²) < 4.78 is 6.44. The number of imide groups is 1. The second-order valence-corrected chi connectivity index (χ2v) is 9.29. The highest BCUT2D eigenvalue weighted by Gasteiger charge is 2.36. The molecular weight excluding hydrogens is 480 g/mol. The maximum atomic E-state index is 12.7. The van der Waals surface area contributed by atoms with Gasteiger partial charge in [0.25, 0.3) is 11.1 Å². The number of anilines is 1. The van der Waals surface area contributed by atoms with Crippen LogP contribution in [0.1, 0.15) is 30.5 Å². The van der Waals surface area contributed by atoms with Crippen LogP contribution in [0.5, 0.6) is 5.75 Å². The lowest BCUT2D eigenvalue weighted by Gasteiger charge is -2.15. The summed E-state index contributed by atoms with van der Waals surface area (Å²) in [5, 5.41) is 2.34. The monoisotopic (exact) mass is 502 g/mol. The molecule has 3 amide bonds. The first-order valence-electron chi connectivity index (χ1n) is 9.73. The van der Waals surface area contributed by atoms with E-state index in [-0.39, 0.29) is 17.6 Å². The summed E-state index contributed by atoms with van der Waals surface area (Å²) in [6, 6.07) is 11.1. The molecule has 2 aromatic rings. The van der Waals surface area contributed by atoms with E-state index in [2.05, 4.69) is 21.2 Å². The molecule has 1 aliphatic rings. The second kappa shape index (κ2) is 9.70. The molecule has 2 aromatic carbocycles. The van der Waals surface area contributed by atoms with E-state index >= 15 is 0 Å². The summed E-state index contributed by atoms with van der Waals surface area (Å²) >= 11 is 4.29. The highest BCUT2D eigenvalue weighted by atomic mass is 79.9. The number of carbonyl (C=O) groups is 3. The van der Waals surface area contributed by atoms with E-state index in [0.717, 1.165) is 37.8 Å². The molecule has 162 valence electrons. The van der Waals surface area contributed by atoms with E-state index in [1.165, 1.54) is 0 Å². The van der Waals surface area contributed by atoms with Gasteiger partial charge in [-0.25, -0.2) is 0 Å². The molecule has 1 heterocycles. The number of nitrogens with one attached hydrogen (secondary N) is 1. The van der Waals surface area contributed by atoms with E-state index in [9.17, 15) is 14.4 Å². The number of carbonyl (C=O) groups excluding carboxylic acids is 3. The minimum Gasteiger partial charge on any atom is -0.490 e. The molecule has 0 unspecified atom stereocenters. The summed E-state index contributed by atoms with van der Waals surface area (Å²) in [4.78, 5) is 38.8. The third kappa shape index (κ3) is 5.57. The van der Waals surface area contributed by atoms with E-state index in [0.29, 0.717) is 11.4 Å². The van der Waals surface area contributed by atoms with Crippen LogP contribution in [0, 0.1) is 13.8 Å². The zero-order valence-corrected chi connectivity index (χ0v) is 20.1. The van der Waals surface area contributed by atoms with E-state index in [1.807, 2.05) is 58.0 Å².